The third-order valence-electron chi connectivity index (χ3n) is 6.78. The van der Waals surface area contributed by atoms with Crippen molar-refractivity contribution in [2.45, 2.75) is 67.7 Å². The zero-order chi connectivity index (χ0) is 38.7. The van der Waals surface area contributed by atoms with E-state index >= 15 is 0 Å². The molecule has 3 aromatic carbocycles. The summed E-state index contributed by atoms with van der Waals surface area (Å²) in [7, 11) is 2.65. The van der Waals surface area contributed by atoms with Gasteiger partial charge in [0.15, 0.2) is 5.78 Å². The van der Waals surface area contributed by atoms with Crippen molar-refractivity contribution in [1.29, 1.82) is 0 Å². The number of carbonyl (C=O) groups excluding carboxylic acids is 5. The Hall–Kier alpha value is -5.77. The molecule has 0 aliphatic heterocycles. The van der Waals surface area contributed by atoms with Crippen LogP contribution in [0.1, 0.15) is 96.2 Å². The van der Waals surface area contributed by atoms with Gasteiger partial charge < -0.3 is 24.1 Å². The Labute approximate surface area is 300 Å². The summed E-state index contributed by atoms with van der Waals surface area (Å²) in [6.45, 7) is 15.8. The van der Waals surface area contributed by atoms with E-state index in [1.54, 1.807) is 48.5 Å². The number of ether oxygens (including phenoxy) is 4. The van der Waals surface area contributed by atoms with Crippen molar-refractivity contribution in [3.8, 4) is 17.2 Å². The van der Waals surface area contributed by atoms with Crippen LogP contribution in [0.4, 0.5) is 0 Å². The number of allylic oxidation sites excluding steroid dienone is 5. The zero-order valence-corrected chi connectivity index (χ0v) is 30.9. The Balaban J connectivity index is 0.000000387. The Bertz CT molecular complexity index is 1770. The number of esters is 4. The largest absolute Gasteiger partial charge is 0.508 e. The van der Waals surface area contributed by atoms with Gasteiger partial charge in [-0.25, -0.2) is 9.59 Å². The summed E-state index contributed by atoms with van der Waals surface area (Å²) in [5.74, 6) is -0.403. The number of hydrogen-bond acceptors (Lipinski definition) is 10. The average molecular weight is 701 g/mol. The van der Waals surface area contributed by atoms with E-state index in [2.05, 4.69) is 16.1 Å². The van der Waals surface area contributed by atoms with Crippen LogP contribution in [-0.2, 0) is 38.3 Å². The summed E-state index contributed by atoms with van der Waals surface area (Å²) in [6.07, 6.45) is 7.46. The van der Waals surface area contributed by atoms with E-state index in [1.165, 1.54) is 52.7 Å². The molecule has 0 bridgehead atoms. The van der Waals surface area contributed by atoms with Gasteiger partial charge in [-0.2, -0.15) is 0 Å². The number of benzene rings is 3. The first-order chi connectivity index (χ1) is 24.0. The Morgan fingerprint density at radius 1 is 0.588 bits per heavy atom. The summed E-state index contributed by atoms with van der Waals surface area (Å²) in [5.41, 5.74) is 6.12. The molecule has 0 amide bonds. The predicted octanol–water partition coefficient (Wildman–Crippen LogP) is 8.14. The second-order valence-corrected chi connectivity index (χ2v) is 11.7. The molecule has 0 atom stereocenters. The number of methoxy groups -OCH3 is 2. The van der Waals surface area contributed by atoms with Crippen molar-refractivity contribution < 1.29 is 48.0 Å². The molecule has 51 heavy (non-hydrogen) atoms. The van der Waals surface area contributed by atoms with Gasteiger partial charge in [-0.05, 0) is 125 Å². The quantitative estimate of drug-likeness (QED) is 0.0901. The fourth-order valence-corrected chi connectivity index (χ4v) is 4.23. The van der Waals surface area contributed by atoms with Crippen molar-refractivity contribution in [1.82, 2.24) is 0 Å². The highest BCUT2D eigenvalue weighted by atomic mass is 16.5. The summed E-state index contributed by atoms with van der Waals surface area (Å²) >= 11 is 0. The van der Waals surface area contributed by atoms with E-state index in [0.29, 0.717) is 53.0 Å². The Kier molecular flexibility index (Phi) is 18.7. The molecule has 0 aliphatic rings. The standard InChI is InChI=1S/C15H18O4.C15H18O3.C11H12O3/c1-10(2)5-6-12-9-13(15(17)18-4)7-8-14(12)19-11(3)16;1-10(2)5-6-14-9-13(11(3)16)7-8-15(14)18-12(4)17;1-3-4-8-7-9(11(13)14-2)5-6-10(8)12/h5,7-9H,6H2,1-4H3;5,7-9H,6H2,1-4H3;3,5-7,12H,1,4H2,2H3. The number of phenolic OH excluding ortho intramolecular Hbond substituents is 1. The van der Waals surface area contributed by atoms with Crippen molar-refractivity contribution in [2.24, 2.45) is 0 Å². The van der Waals surface area contributed by atoms with Gasteiger partial charge in [0.1, 0.15) is 17.2 Å². The van der Waals surface area contributed by atoms with Crippen LogP contribution in [0.2, 0.25) is 0 Å². The lowest BCUT2D eigenvalue weighted by Crippen LogP contribution is -2.06. The van der Waals surface area contributed by atoms with Crippen molar-refractivity contribution in [2.75, 3.05) is 14.2 Å². The lowest BCUT2D eigenvalue weighted by molar-refractivity contribution is -0.132. The molecule has 0 heterocycles. The highest BCUT2D eigenvalue weighted by Gasteiger charge is 2.12. The van der Waals surface area contributed by atoms with Gasteiger partial charge in [-0.15, -0.1) is 6.58 Å². The molecule has 0 spiro atoms. The van der Waals surface area contributed by atoms with Gasteiger partial charge in [0, 0.05) is 19.4 Å². The molecule has 0 radical (unpaired) electrons. The van der Waals surface area contributed by atoms with Gasteiger partial charge in [0.05, 0.1) is 25.3 Å². The lowest BCUT2D eigenvalue weighted by Gasteiger charge is -2.09. The second kappa shape index (κ2) is 22.0. The predicted molar refractivity (Wildman–Crippen MR) is 196 cm³/mol. The van der Waals surface area contributed by atoms with Gasteiger partial charge in [-0.1, -0.05) is 29.4 Å². The molecule has 10 nitrogen and oxygen atoms in total. The van der Waals surface area contributed by atoms with Crippen LogP contribution in [0.3, 0.4) is 0 Å². The van der Waals surface area contributed by atoms with Crippen LogP contribution >= 0.6 is 0 Å². The minimum absolute atomic E-state index is 0.00262. The van der Waals surface area contributed by atoms with Crippen LogP contribution in [0, 0.1) is 0 Å². The maximum absolute atomic E-state index is 11.5. The highest BCUT2D eigenvalue weighted by Crippen LogP contribution is 2.24. The molecule has 0 unspecified atom stereocenters. The van der Waals surface area contributed by atoms with Crippen molar-refractivity contribution >= 4 is 29.7 Å². The number of Topliss-reactive ketones (excluding diaryl/α,β-unsaturated/α-hetero) is 1. The van der Waals surface area contributed by atoms with Crippen molar-refractivity contribution in [3.05, 3.63) is 124 Å². The molecule has 10 heteroatoms. The maximum atomic E-state index is 11.5. The van der Waals surface area contributed by atoms with Crippen molar-refractivity contribution in [3.63, 3.8) is 0 Å². The van der Waals surface area contributed by atoms with E-state index in [9.17, 15) is 29.1 Å². The molecule has 0 saturated heterocycles. The first-order valence-electron chi connectivity index (χ1n) is 16.0. The number of aromatic hydroxyl groups is 1. The third kappa shape index (κ3) is 16.0. The minimum Gasteiger partial charge on any atom is -0.508 e. The topological polar surface area (TPSA) is 143 Å². The number of phenols is 1. The molecule has 1 N–H and O–H groups in total. The van der Waals surface area contributed by atoms with E-state index in [1.807, 2.05) is 39.8 Å². The molecule has 0 saturated carbocycles. The van der Waals surface area contributed by atoms with Crippen LogP contribution in [0.15, 0.2) is 90.6 Å². The van der Waals surface area contributed by atoms with Crippen LogP contribution in [0.5, 0.6) is 17.2 Å². The van der Waals surface area contributed by atoms with Gasteiger partial charge in [0.2, 0.25) is 0 Å². The van der Waals surface area contributed by atoms with Crippen LogP contribution in [0.25, 0.3) is 0 Å². The molecular formula is C41H48O10. The van der Waals surface area contributed by atoms with E-state index in [0.717, 1.165) is 16.7 Å². The fraction of sp³-hybridized carbons (Fsp3) is 0.293. The molecule has 0 aromatic heterocycles. The van der Waals surface area contributed by atoms with E-state index < -0.39 is 11.9 Å². The average Bonchev–Trinajstić information content (AvgIpc) is 3.07. The number of ketones is 1. The third-order valence-corrected chi connectivity index (χ3v) is 6.78. The number of carbonyl (C=O) groups is 5. The van der Waals surface area contributed by atoms with Crippen LogP contribution in [-0.4, -0.2) is 49.0 Å². The molecule has 0 fully saturated rings. The normalized spacial score (nSPS) is 9.67. The van der Waals surface area contributed by atoms with Crippen LogP contribution < -0.4 is 9.47 Å². The smallest absolute Gasteiger partial charge is 0.337 e. The first kappa shape index (κ1) is 43.3. The monoisotopic (exact) mass is 700 g/mol. The molecule has 3 rings (SSSR count). The Morgan fingerprint density at radius 3 is 1.35 bits per heavy atom. The molecule has 272 valence electrons. The van der Waals surface area contributed by atoms with Gasteiger partial charge in [0.25, 0.3) is 0 Å². The minimum atomic E-state index is -0.409. The lowest BCUT2D eigenvalue weighted by atomic mass is 10.0. The Morgan fingerprint density at radius 2 is 0.980 bits per heavy atom. The van der Waals surface area contributed by atoms with E-state index in [4.69, 9.17) is 9.47 Å². The summed E-state index contributed by atoms with van der Waals surface area (Å²) in [6, 6.07) is 14.6. The molecule has 0 aliphatic carbocycles. The summed E-state index contributed by atoms with van der Waals surface area (Å²) in [4.78, 5) is 56.1. The van der Waals surface area contributed by atoms with Gasteiger partial charge in [-0.3, -0.25) is 14.4 Å². The highest BCUT2D eigenvalue weighted by molar-refractivity contribution is 5.94. The number of rotatable bonds is 11. The summed E-state index contributed by atoms with van der Waals surface area (Å²) in [5, 5.41) is 9.42. The molecule has 3 aromatic rings. The van der Waals surface area contributed by atoms with Gasteiger partial charge >= 0.3 is 23.9 Å². The maximum Gasteiger partial charge on any atom is 0.337 e. The van der Waals surface area contributed by atoms with E-state index in [-0.39, 0.29) is 23.5 Å². The fourth-order valence-electron chi connectivity index (χ4n) is 4.23. The second-order valence-electron chi connectivity index (χ2n) is 11.7. The molecular weight excluding hydrogens is 652 g/mol. The number of hydrogen-bond donors (Lipinski definition) is 1. The summed E-state index contributed by atoms with van der Waals surface area (Å²) < 4.78 is 19.5. The first-order valence-corrected chi connectivity index (χ1v) is 16.0. The SMILES string of the molecule is C=CCc1cc(C(=O)OC)ccc1O.CC(=O)Oc1ccc(C(C)=O)cc1CC=C(C)C.COC(=O)c1ccc(OC(C)=O)c(CC=C(C)C)c1. The zero-order valence-electron chi connectivity index (χ0n) is 30.9.